The summed E-state index contributed by atoms with van der Waals surface area (Å²) in [5, 5.41) is 0. The summed E-state index contributed by atoms with van der Waals surface area (Å²) in [7, 11) is 1.62. The normalized spacial score (nSPS) is 10.7. The predicted molar refractivity (Wildman–Crippen MR) is 80.7 cm³/mol. The number of methoxy groups -OCH3 is 1. The van der Waals surface area contributed by atoms with Crippen LogP contribution in [0.3, 0.4) is 0 Å². The number of hydrogen-bond donors (Lipinski definition) is 1. The van der Waals surface area contributed by atoms with Gasteiger partial charge in [-0.05, 0) is 29.5 Å². The van der Waals surface area contributed by atoms with Crippen LogP contribution in [0.4, 0.5) is 0 Å². The molecule has 1 amide bonds. The number of ether oxygens (including phenoxy) is 1. The summed E-state index contributed by atoms with van der Waals surface area (Å²) in [4.78, 5) is 11.1. The molecule has 3 heteroatoms. The van der Waals surface area contributed by atoms with E-state index in [4.69, 9.17) is 10.5 Å². The molecule has 0 spiro atoms. The predicted octanol–water partition coefficient (Wildman–Crippen LogP) is 3.75. The third kappa shape index (κ3) is 6.27. The van der Waals surface area contributed by atoms with E-state index in [1.54, 1.807) is 25.3 Å². The van der Waals surface area contributed by atoms with Crippen molar-refractivity contribution in [3.05, 3.63) is 29.3 Å². The van der Waals surface area contributed by atoms with Crippen molar-refractivity contribution in [1.29, 1.82) is 0 Å². The molecule has 0 saturated heterocycles. The van der Waals surface area contributed by atoms with Gasteiger partial charge in [0.25, 0.3) is 0 Å². The molecule has 1 rings (SSSR count). The number of primary amides is 1. The fourth-order valence-corrected chi connectivity index (χ4v) is 1.45. The van der Waals surface area contributed by atoms with Gasteiger partial charge in [0.15, 0.2) is 0 Å². The molecule has 0 aliphatic heterocycles. The second-order valence-electron chi connectivity index (χ2n) is 6.26. The van der Waals surface area contributed by atoms with Gasteiger partial charge in [0.05, 0.1) is 7.11 Å². The highest BCUT2D eigenvalue weighted by Crippen LogP contribution is 2.31. The first-order chi connectivity index (χ1) is 8.59. The van der Waals surface area contributed by atoms with E-state index in [1.807, 2.05) is 0 Å². The van der Waals surface area contributed by atoms with Gasteiger partial charge in [0.1, 0.15) is 5.75 Å². The van der Waals surface area contributed by atoms with Crippen molar-refractivity contribution < 1.29 is 9.53 Å². The molecule has 0 aromatic heterocycles. The van der Waals surface area contributed by atoms with Gasteiger partial charge < -0.3 is 10.5 Å². The Morgan fingerprint density at radius 3 is 2.00 bits per heavy atom. The van der Waals surface area contributed by atoms with Gasteiger partial charge >= 0.3 is 0 Å². The second kappa shape index (κ2) is 7.17. The molecule has 0 radical (unpaired) electrons. The molecular weight excluding hydrogens is 238 g/mol. The average molecular weight is 265 g/mol. The smallest absolute Gasteiger partial charge is 0.248 e. The molecule has 3 nitrogen and oxygen atoms in total. The lowest BCUT2D eigenvalue weighted by Gasteiger charge is -2.22. The summed E-state index contributed by atoms with van der Waals surface area (Å²) in [6, 6.07) is 5.25. The first-order valence-corrected chi connectivity index (χ1v) is 6.58. The summed E-state index contributed by atoms with van der Waals surface area (Å²) >= 11 is 0. The number of carbonyl (C=O) groups is 1. The number of nitrogens with two attached hydrogens (primary N) is 1. The number of rotatable bonds is 2. The SMILES string of the molecule is CC(C)C.COc1ccc(C(N)=O)cc1C(C)(C)C. The Kier molecular flexibility index (Phi) is 6.60. The van der Waals surface area contributed by atoms with Crippen LogP contribution < -0.4 is 10.5 Å². The summed E-state index contributed by atoms with van der Waals surface area (Å²) in [6.45, 7) is 12.7. The topological polar surface area (TPSA) is 52.3 Å². The molecule has 19 heavy (non-hydrogen) atoms. The molecule has 0 heterocycles. The second-order valence-corrected chi connectivity index (χ2v) is 6.26. The maximum Gasteiger partial charge on any atom is 0.248 e. The monoisotopic (exact) mass is 265 g/mol. The van der Waals surface area contributed by atoms with Crippen LogP contribution in [-0.2, 0) is 5.41 Å². The summed E-state index contributed by atoms with van der Waals surface area (Å²) < 4.78 is 5.25. The fourth-order valence-electron chi connectivity index (χ4n) is 1.45. The van der Waals surface area contributed by atoms with Crippen molar-refractivity contribution in [2.45, 2.75) is 47.0 Å². The van der Waals surface area contributed by atoms with Gasteiger partial charge in [0, 0.05) is 11.1 Å². The maximum atomic E-state index is 11.1. The Morgan fingerprint density at radius 2 is 1.68 bits per heavy atom. The van der Waals surface area contributed by atoms with Crippen LogP contribution in [0, 0.1) is 5.92 Å². The number of carbonyl (C=O) groups excluding carboxylic acids is 1. The van der Waals surface area contributed by atoms with Crippen LogP contribution >= 0.6 is 0 Å². The zero-order valence-corrected chi connectivity index (χ0v) is 13.2. The third-order valence-electron chi connectivity index (χ3n) is 2.29. The highest BCUT2D eigenvalue weighted by Gasteiger charge is 2.19. The van der Waals surface area contributed by atoms with Crippen molar-refractivity contribution in [2.24, 2.45) is 11.7 Å². The fraction of sp³-hybridized carbons (Fsp3) is 0.562. The van der Waals surface area contributed by atoms with Gasteiger partial charge in [-0.2, -0.15) is 0 Å². The lowest BCUT2D eigenvalue weighted by molar-refractivity contribution is 0.1000. The van der Waals surface area contributed by atoms with Gasteiger partial charge in [-0.15, -0.1) is 0 Å². The van der Waals surface area contributed by atoms with Gasteiger partial charge in [0.2, 0.25) is 5.91 Å². The molecule has 0 atom stereocenters. The molecular formula is C16H27NO2. The summed E-state index contributed by atoms with van der Waals surface area (Å²) in [5.74, 6) is 1.20. The Morgan fingerprint density at radius 1 is 1.21 bits per heavy atom. The van der Waals surface area contributed by atoms with E-state index in [1.165, 1.54) is 0 Å². The molecule has 0 bridgehead atoms. The van der Waals surface area contributed by atoms with E-state index < -0.39 is 5.91 Å². The zero-order valence-electron chi connectivity index (χ0n) is 13.2. The molecule has 1 aromatic rings. The molecule has 108 valence electrons. The first kappa shape index (κ1) is 17.5. The number of hydrogen-bond acceptors (Lipinski definition) is 2. The van der Waals surface area contributed by atoms with Crippen LogP contribution in [-0.4, -0.2) is 13.0 Å². The van der Waals surface area contributed by atoms with Crippen molar-refractivity contribution in [1.82, 2.24) is 0 Å². The summed E-state index contributed by atoms with van der Waals surface area (Å²) in [5.41, 5.74) is 6.67. The minimum absolute atomic E-state index is 0.0726. The third-order valence-corrected chi connectivity index (χ3v) is 2.29. The van der Waals surface area contributed by atoms with E-state index >= 15 is 0 Å². The van der Waals surface area contributed by atoms with Crippen molar-refractivity contribution in [3.63, 3.8) is 0 Å². The Hall–Kier alpha value is -1.51. The lowest BCUT2D eigenvalue weighted by atomic mass is 9.85. The maximum absolute atomic E-state index is 11.1. The molecule has 0 fully saturated rings. The number of amides is 1. The molecule has 1 aromatic carbocycles. The van der Waals surface area contributed by atoms with E-state index in [9.17, 15) is 4.79 Å². The zero-order chi connectivity index (χ0) is 15.2. The van der Waals surface area contributed by atoms with Crippen molar-refractivity contribution in [2.75, 3.05) is 7.11 Å². The largest absolute Gasteiger partial charge is 0.496 e. The Balaban J connectivity index is 0.000000711. The van der Waals surface area contributed by atoms with E-state index in [-0.39, 0.29) is 5.41 Å². The van der Waals surface area contributed by atoms with Crippen LogP contribution in [0.5, 0.6) is 5.75 Å². The van der Waals surface area contributed by atoms with E-state index in [0.29, 0.717) is 5.56 Å². The molecule has 0 aliphatic rings. The van der Waals surface area contributed by atoms with Crippen LogP contribution in [0.25, 0.3) is 0 Å². The summed E-state index contributed by atoms with van der Waals surface area (Å²) in [6.07, 6.45) is 0. The van der Waals surface area contributed by atoms with Gasteiger partial charge in [-0.1, -0.05) is 41.5 Å². The molecule has 0 aliphatic carbocycles. The van der Waals surface area contributed by atoms with Crippen molar-refractivity contribution >= 4 is 5.91 Å². The van der Waals surface area contributed by atoms with Gasteiger partial charge in [-0.25, -0.2) is 0 Å². The van der Waals surface area contributed by atoms with Crippen LogP contribution in [0.15, 0.2) is 18.2 Å². The highest BCUT2D eigenvalue weighted by molar-refractivity contribution is 5.93. The van der Waals surface area contributed by atoms with E-state index in [2.05, 4.69) is 41.5 Å². The molecule has 0 unspecified atom stereocenters. The minimum Gasteiger partial charge on any atom is -0.496 e. The van der Waals surface area contributed by atoms with E-state index in [0.717, 1.165) is 17.2 Å². The Labute approximate surface area is 117 Å². The van der Waals surface area contributed by atoms with Crippen LogP contribution in [0.1, 0.15) is 57.5 Å². The van der Waals surface area contributed by atoms with Crippen LogP contribution in [0.2, 0.25) is 0 Å². The molecule has 0 saturated carbocycles. The standard InChI is InChI=1S/C12H17NO2.C4H10/c1-12(2,3)9-7-8(11(13)14)5-6-10(9)15-4;1-4(2)3/h5-7H,1-4H3,(H2,13,14);4H,1-3H3. The number of benzene rings is 1. The molecule has 2 N–H and O–H groups in total. The highest BCUT2D eigenvalue weighted by atomic mass is 16.5. The minimum atomic E-state index is -0.414. The van der Waals surface area contributed by atoms with Crippen molar-refractivity contribution in [3.8, 4) is 5.75 Å². The lowest BCUT2D eigenvalue weighted by Crippen LogP contribution is -2.16. The Bertz CT molecular complexity index is 414. The average Bonchev–Trinajstić information content (AvgIpc) is 2.26. The first-order valence-electron chi connectivity index (χ1n) is 6.58. The quantitative estimate of drug-likeness (QED) is 0.885. The van der Waals surface area contributed by atoms with Gasteiger partial charge in [-0.3, -0.25) is 4.79 Å².